The van der Waals surface area contributed by atoms with E-state index in [4.69, 9.17) is 4.74 Å². The van der Waals surface area contributed by atoms with E-state index in [1.807, 2.05) is 24.3 Å². The van der Waals surface area contributed by atoms with E-state index in [1.165, 1.54) is 0 Å². The Labute approximate surface area is 100.0 Å². The number of para-hydroxylation sites is 1. The maximum absolute atomic E-state index is 13.7. The molecule has 1 aromatic carbocycles. The molecule has 2 rings (SSSR count). The summed E-state index contributed by atoms with van der Waals surface area (Å²) >= 11 is 0. The normalized spacial score (nSPS) is 23.4. The van der Waals surface area contributed by atoms with Crippen molar-refractivity contribution in [2.24, 2.45) is 5.92 Å². The maximum atomic E-state index is 13.7. The lowest BCUT2D eigenvalue weighted by Gasteiger charge is -2.32. The smallest absolute Gasteiger partial charge is 0.263 e. The summed E-state index contributed by atoms with van der Waals surface area (Å²) in [5, 5.41) is 2.74. The zero-order valence-corrected chi connectivity index (χ0v) is 9.88. The van der Waals surface area contributed by atoms with Crippen LogP contribution in [0, 0.1) is 5.92 Å². The van der Waals surface area contributed by atoms with Gasteiger partial charge in [-0.3, -0.25) is 0 Å². The van der Waals surface area contributed by atoms with E-state index in [9.17, 15) is 8.78 Å². The highest BCUT2D eigenvalue weighted by atomic mass is 19.3. The molecule has 1 fully saturated rings. The maximum Gasteiger partial charge on any atom is 0.263 e. The van der Waals surface area contributed by atoms with Gasteiger partial charge in [-0.2, -0.15) is 0 Å². The average molecular weight is 241 g/mol. The van der Waals surface area contributed by atoms with Crippen molar-refractivity contribution in [2.45, 2.75) is 18.8 Å². The van der Waals surface area contributed by atoms with Gasteiger partial charge in [0.25, 0.3) is 5.92 Å². The second-order valence-corrected chi connectivity index (χ2v) is 4.44. The molecule has 0 amide bonds. The molecule has 1 aliphatic rings. The minimum Gasteiger partial charge on any atom is -0.496 e. The Hall–Kier alpha value is -1.16. The van der Waals surface area contributed by atoms with Crippen molar-refractivity contribution < 1.29 is 13.5 Å². The molecule has 2 nitrogen and oxygen atoms in total. The predicted molar refractivity (Wildman–Crippen MR) is 62.6 cm³/mol. The summed E-state index contributed by atoms with van der Waals surface area (Å²) in [6.45, 7) is 0.447. The molecule has 0 aliphatic carbocycles. The predicted octanol–water partition coefficient (Wildman–Crippen LogP) is 2.48. The van der Waals surface area contributed by atoms with Crippen molar-refractivity contribution in [3.8, 4) is 5.75 Å². The molecule has 0 saturated carbocycles. The molecule has 1 unspecified atom stereocenters. The Morgan fingerprint density at radius 3 is 2.88 bits per heavy atom. The van der Waals surface area contributed by atoms with Crippen LogP contribution in [0.15, 0.2) is 24.3 Å². The van der Waals surface area contributed by atoms with Crippen LogP contribution in [0.25, 0.3) is 0 Å². The minimum absolute atomic E-state index is 0.215. The highest BCUT2D eigenvalue weighted by Crippen LogP contribution is 2.34. The van der Waals surface area contributed by atoms with Gasteiger partial charge in [0.1, 0.15) is 5.75 Å². The lowest BCUT2D eigenvalue weighted by Crippen LogP contribution is -2.46. The number of hydrogen-bond donors (Lipinski definition) is 1. The van der Waals surface area contributed by atoms with E-state index in [1.54, 1.807) is 7.11 Å². The number of halogens is 2. The van der Waals surface area contributed by atoms with Gasteiger partial charge in [0.2, 0.25) is 0 Å². The van der Waals surface area contributed by atoms with Crippen LogP contribution in [0.3, 0.4) is 0 Å². The summed E-state index contributed by atoms with van der Waals surface area (Å²) in [4.78, 5) is 0. The summed E-state index contributed by atoms with van der Waals surface area (Å²) in [7, 11) is 1.57. The molecule has 0 spiro atoms. The van der Waals surface area contributed by atoms with Crippen LogP contribution in [0.5, 0.6) is 5.75 Å². The first-order chi connectivity index (χ1) is 8.13. The first-order valence-corrected chi connectivity index (χ1v) is 5.84. The lowest BCUT2D eigenvalue weighted by molar-refractivity contribution is -0.0728. The number of nitrogens with one attached hydrogen (secondary N) is 1. The fourth-order valence-electron chi connectivity index (χ4n) is 2.28. The van der Waals surface area contributed by atoms with E-state index in [0.29, 0.717) is 25.1 Å². The van der Waals surface area contributed by atoms with E-state index in [0.717, 1.165) is 5.56 Å². The quantitative estimate of drug-likeness (QED) is 0.877. The highest BCUT2D eigenvalue weighted by molar-refractivity contribution is 5.33. The molecule has 1 atom stereocenters. The van der Waals surface area contributed by atoms with Gasteiger partial charge in [-0.25, -0.2) is 8.78 Å². The third-order valence-electron chi connectivity index (χ3n) is 3.29. The highest BCUT2D eigenvalue weighted by Gasteiger charge is 2.41. The first kappa shape index (κ1) is 12.3. The topological polar surface area (TPSA) is 21.3 Å². The number of methoxy groups -OCH3 is 1. The van der Waals surface area contributed by atoms with Crippen molar-refractivity contribution >= 4 is 0 Å². The molecule has 1 aromatic rings. The van der Waals surface area contributed by atoms with Crippen LogP contribution in [-0.4, -0.2) is 26.1 Å². The van der Waals surface area contributed by atoms with Crippen molar-refractivity contribution in [3.63, 3.8) is 0 Å². The van der Waals surface area contributed by atoms with Crippen LogP contribution >= 0.6 is 0 Å². The summed E-state index contributed by atoms with van der Waals surface area (Å²) in [6, 6.07) is 7.38. The van der Waals surface area contributed by atoms with Crippen molar-refractivity contribution in [1.29, 1.82) is 0 Å². The number of ether oxygens (including phenoxy) is 1. The molecule has 0 radical (unpaired) electrons. The van der Waals surface area contributed by atoms with E-state index < -0.39 is 11.8 Å². The second-order valence-electron chi connectivity index (χ2n) is 4.44. The Morgan fingerprint density at radius 2 is 2.18 bits per heavy atom. The Morgan fingerprint density at radius 1 is 1.41 bits per heavy atom. The van der Waals surface area contributed by atoms with E-state index in [-0.39, 0.29) is 6.54 Å². The van der Waals surface area contributed by atoms with Gasteiger partial charge in [0.05, 0.1) is 13.7 Å². The molecule has 1 N–H and O–H groups in total. The van der Waals surface area contributed by atoms with Gasteiger partial charge >= 0.3 is 0 Å². The SMILES string of the molecule is COc1ccccc1CC1CCNCC1(F)F. The standard InChI is InChI=1S/C13H17F2NO/c1-17-12-5-3-2-4-10(12)8-11-6-7-16-9-13(11,14)15/h2-5,11,16H,6-9H2,1H3. The van der Waals surface area contributed by atoms with Crippen molar-refractivity contribution in [2.75, 3.05) is 20.2 Å². The minimum atomic E-state index is -2.63. The number of alkyl halides is 2. The molecule has 1 saturated heterocycles. The average Bonchev–Trinajstić information content (AvgIpc) is 2.32. The number of piperidine rings is 1. The van der Waals surface area contributed by atoms with E-state index >= 15 is 0 Å². The Bertz CT molecular complexity index is 381. The van der Waals surface area contributed by atoms with Gasteiger partial charge < -0.3 is 10.1 Å². The molecule has 94 valence electrons. The lowest BCUT2D eigenvalue weighted by atomic mass is 9.87. The molecule has 17 heavy (non-hydrogen) atoms. The molecule has 4 heteroatoms. The fraction of sp³-hybridized carbons (Fsp3) is 0.538. The van der Waals surface area contributed by atoms with Crippen LogP contribution < -0.4 is 10.1 Å². The van der Waals surface area contributed by atoms with Crippen molar-refractivity contribution in [1.82, 2.24) is 5.32 Å². The summed E-state index contributed by atoms with van der Waals surface area (Å²) in [6.07, 6.45) is 0.879. The second kappa shape index (κ2) is 5.00. The molecular formula is C13H17F2NO. The summed E-state index contributed by atoms with van der Waals surface area (Å²) in [5.41, 5.74) is 0.863. The molecule has 1 heterocycles. The Balaban J connectivity index is 2.14. The number of benzene rings is 1. The zero-order chi connectivity index (χ0) is 12.3. The van der Waals surface area contributed by atoms with Gasteiger partial charge in [0, 0.05) is 5.92 Å². The van der Waals surface area contributed by atoms with Crippen LogP contribution in [-0.2, 0) is 6.42 Å². The van der Waals surface area contributed by atoms with Crippen LogP contribution in [0.4, 0.5) is 8.78 Å². The van der Waals surface area contributed by atoms with Gasteiger partial charge in [-0.1, -0.05) is 18.2 Å². The van der Waals surface area contributed by atoms with Crippen molar-refractivity contribution in [3.05, 3.63) is 29.8 Å². The third kappa shape index (κ3) is 2.75. The first-order valence-electron chi connectivity index (χ1n) is 5.84. The van der Waals surface area contributed by atoms with Crippen LogP contribution in [0.1, 0.15) is 12.0 Å². The largest absolute Gasteiger partial charge is 0.496 e. The van der Waals surface area contributed by atoms with Gasteiger partial charge in [-0.05, 0) is 31.0 Å². The Kier molecular flexibility index (Phi) is 3.62. The molecular weight excluding hydrogens is 224 g/mol. The van der Waals surface area contributed by atoms with Gasteiger partial charge in [-0.15, -0.1) is 0 Å². The molecule has 0 bridgehead atoms. The van der Waals surface area contributed by atoms with Crippen LogP contribution in [0.2, 0.25) is 0 Å². The summed E-state index contributed by atoms with van der Waals surface area (Å²) < 4.78 is 32.6. The zero-order valence-electron chi connectivity index (χ0n) is 9.88. The fourth-order valence-corrected chi connectivity index (χ4v) is 2.28. The number of hydrogen-bond acceptors (Lipinski definition) is 2. The number of rotatable bonds is 3. The third-order valence-corrected chi connectivity index (χ3v) is 3.29. The monoisotopic (exact) mass is 241 g/mol. The molecule has 0 aromatic heterocycles. The van der Waals surface area contributed by atoms with E-state index in [2.05, 4.69) is 5.32 Å². The van der Waals surface area contributed by atoms with Gasteiger partial charge in [0.15, 0.2) is 0 Å². The molecule has 1 aliphatic heterocycles. The summed E-state index contributed by atoms with van der Waals surface area (Å²) in [5.74, 6) is -2.53.